The van der Waals surface area contributed by atoms with E-state index in [4.69, 9.17) is 11.6 Å². The fourth-order valence-corrected chi connectivity index (χ4v) is 2.44. The monoisotopic (exact) mass is 271 g/mol. The van der Waals surface area contributed by atoms with Crippen LogP contribution in [-0.4, -0.2) is 13.1 Å². The average molecular weight is 272 g/mol. The first-order chi connectivity index (χ1) is 8.34. The van der Waals surface area contributed by atoms with Gasteiger partial charge in [-0.3, -0.25) is 0 Å². The van der Waals surface area contributed by atoms with Crippen molar-refractivity contribution in [3.63, 3.8) is 0 Å². The van der Waals surface area contributed by atoms with E-state index < -0.39 is 0 Å². The Hall–Kier alpha value is -0.600. The second-order valence-corrected chi connectivity index (χ2v) is 6.27. The number of halogens is 2. The number of hydrogen-bond donors (Lipinski definition) is 1. The van der Waals surface area contributed by atoms with E-state index in [-0.39, 0.29) is 11.2 Å². The van der Waals surface area contributed by atoms with E-state index in [1.807, 2.05) is 7.05 Å². The van der Waals surface area contributed by atoms with E-state index in [0.29, 0.717) is 16.6 Å². The summed E-state index contributed by atoms with van der Waals surface area (Å²) in [6.07, 6.45) is 2.73. The SMILES string of the molecule is CNC(CCCc1cc(Cl)ccc1F)C(C)(C)C. The predicted molar refractivity (Wildman–Crippen MR) is 76.7 cm³/mol. The zero-order valence-electron chi connectivity index (χ0n) is 11.7. The van der Waals surface area contributed by atoms with Gasteiger partial charge in [0.25, 0.3) is 0 Å². The first kappa shape index (κ1) is 15.5. The first-order valence-corrected chi connectivity index (χ1v) is 6.83. The van der Waals surface area contributed by atoms with Gasteiger partial charge in [0.2, 0.25) is 0 Å². The highest BCUT2D eigenvalue weighted by Gasteiger charge is 2.22. The van der Waals surface area contributed by atoms with E-state index >= 15 is 0 Å². The summed E-state index contributed by atoms with van der Waals surface area (Å²) in [5.74, 6) is -0.156. The number of benzene rings is 1. The van der Waals surface area contributed by atoms with Crippen LogP contribution in [0.1, 0.15) is 39.2 Å². The molecule has 0 aromatic heterocycles. The van der Waals surface area contributed by atoms with E-state index in [1.165, 1.54) is 6.07 Å². The molecule has 1 aromatic rings. The lowest BCUT2D eigenvalue weighted by atomic mass is 9.83. The Morgan fingerprint density at radius 2 is 2.00 bits per heavy atom. The Bertz CT molecular complexity index is 385. The van der Waals surface area contributed by atoms with Gasteiger partial charge in [0.05, 0.1) is 0 Å². The molecule has 1 aromatic carbocycles. The molecule has 0 radical (unpaired) electrons. The van der Waals surface area contributed by atoms with Crippen molar-refractivity contribution in [1.82, 2.24) is 5.32 Å². The zero-order valence-corrected chi connectivity index (χ0v) is 12.4. The molecular formula is C15H23ClFN. The summed E-state index contributed by atoms with van der Waals surface area (Å²) >= 11 is 5.88. The van der Waals surface area contributed by atoms with Crippen molar-refractivity contribution in [1.29, 1.82) is 0 Å². The van der Waals surface area contributed by atoms with Crippen molar-refractivity contribution in [2.45, 2.75) is 46.1 Å². The number of rotatable bonds is 5. The molecule has 18 heavy (non-hydrogen) atoms. The number of hydrogen-bond acceptors (Lipinski definition) is 1. The van der Waals surface area contributed by atoms with E-state index in [2.05, 4.69) is 26.1 Å². The van der Waals surface area contributed by atoms with Crippen LogP contribution in [0.25, 0.3) is 0 Å². The van der Waals surface area contributed by atoms with Gasteiger partial charge in [-0.2, -0.15) is 0 Å². The average Bonchev–Trinajstić information content (AvgIpc) is 2.27. The van der Waals surface area contributed by atoms with Crippen molar-refractivity contribution in [3.8, 4) is 0 Å². The summed E-state index contributed by atoms with van der Waals surface area (Å²) in [6, 6.07) is 5.20. The van der Waals surface area contributed by atoms with Crippen LogP contribution in [0.3, 0.4) is 0 Å². The van der Waals surface area contributed by atoms with Crippen LogP contribution in [0.2, 0.25) is 5.02 Å². The molecule has 0 spiro atoms. The minimum absolute atomic E-state index is 0.156. The molecule has 0 heterocycles. The minimum Gasteiger partial charge on any atom is -0.316 e. The highest BCUT2D eigenvalue weighted by atomic mass is 35.5. The Balaban J connectivity index is 2.53. The third-order valence-electron chi connectivity index (χ3n) is 3.34. The molecule has 1 rings (SSSR count). The van der Waals surface area contributed by atoms with Crippen molar-refractivity contribution < 1.29 is 4.39 Å². The molecule has 0 aliphatic carbocycles. The van der Waals surface area contributed by atoms with Crippen molar-refractivity contribution >= 4 is 11.6 Å². The molecule has 1 unspecified atom stereocenters. The summed E-state index contributed by atoms with van der Waals surface area (Å²) in [5, 5.41) is 3.94. The van der Waals surface area contributed by atoms with E-state index in [0.717, 1.165) is 19.3 Å². The molecule has 3 heteroatoms. The molecule has 0 aliphatic rings. The molecule has 0 saturated carbocycles. The molecule has 0 amide bonds. The molecule has 1 N–H and O–H groups in total. The smallest absolute Gasteiger partial charge is 0.126 e. The van der Waals surface area contributed by atoms with Gasteiger partial charge in [0.15, 0.2) is 0 Å². The Kier molecular flexibility index (Phi) is 5.61. The third-order valence-corrected chi connectivity index (χ3v) is 3.58. The second kappa shape index (κ2) is 6.53. The molecule has 0 fully saturated rings. The van der Waals surface area contributed by atoms with E-state index in [1.54, 1.807) is 12.1 Å². The summed E-state index contributed by atoms with van der Waals surface area (Å²) in [5.41, 5.74) is 0.938. The molecule has 0 saturated heterocycles. The van der Waals surface area contributed by atoms with Crippen LogP contribution in [0.5, 0.6) is 0 Å². The lowest BCUT2D eigenvalue weighted by molar-refractivity contribution is 0.263. The minimum atomic E-state index is -0.156. The standard InChI is InChI=1S/C15H23ClFN/c1-15(2,3)14(18-4)7-5-6-11-10-12(16)8-9-13(11)17/h8-10,14,18H,5-7H2,1-4H3. The van der Waals surface area contributed by atoms with Crippen LogP contribution in [0, 0.1) is 11.2 Å². The predicted octanol–water partition coefficient (Wildman–Crippen LogP) is 4.44. The largest absolute Gasteiger partial charge is 0.316 e. The Morgan fingerprint density at radius 3 is 2.56 bits per heavy atom. The molecule has 1 nitrogen and oxygen atoms in total. The number of nitrogens with one attached hydrogen (secondary N) is 1. The van der Waals surface area contributed by atoms with E-state index in [9.17, 15) is 4.39 Å². The van der Waals surface area contributed by atoms with Crippen LogP contribution in [-0.2, 0) is 6.42 Å². The molecule has 102 valence electrons. The molecule has 1 atom stereocenters. The van der Waals surface area contributed by atoms with Gasteiger partial charge >= 0.3 is 0 Å². The highest BCUT2D eigenvalue weighted by molar-refractivity contribution is 6.30. The van der Waals surface area contributed by atoms with Crippen LogP contribution in [0.15, 0.2) is 18.2 Å². The fraction of sp³-hybridized carbons (Fsp3) is 0.600. The van der Waals surface area contributed by atoms with Gasteiger partial charge in [-0.05, 0) is 55.5 Å². The fourth-order valence-electron chi connectivity index (χ4n) is 2.24. The maximum absolute atomic E-state index is 13.5. The highest BCUT2D eigenvalue weighted by Crippen LogP contribution is 2.24. The van der Waals surface area contributed by atoms with Gasteiger partial charge in [0.1, 0.15) is 5.82 Å². The molecule has 0 aliphatic heterocycles. The summed E-state index contributed by atoms with van der Waals surface area (Å²) < 4.78 is 13.5. The van der Waals surface area contributed by atoms with Crippen molar-refractivity contribution in [3.05, 3.63) is 34.6 Å². The van der Waals surface area contributed by atoms with Crippen LogP contribution in [0.4, 0.5) is 4.39 Å². The molecule has 0 bridgehead atoms. The Labute approximate surface area is 115 Å². The van der Waals surface area contributed by atoms with Crippen molar-refractivity contribution in [2.75, 3.05) is 7.05 Å². The Morgan fingerprint density at radius 1 is 1.33 bits per heavy atom. The third kappa shape index (κ3) is 4.58. The van der Waals surface area contributed by atoms with Gasteiger partial charge in [-0.1, -0.05) is 32.4 Å². The summed E-state index contributed by atoms with van der Waals surface area (Å²) in [7, 11) is 1.98. The maximum atomic E-state index is 13.5. The van der Waals surface area contributed by atoms with Gasteiger partial charge < -0.3 is 5.32 Å². The van der Waals surface area contributed by atoms with Crippen molar-refractivity contribution in [2.24, 2.45) is 5.41 Å². The lowest BCUT2D eigenvalue weighted by Gasteiger charge is -2.30. The molecular weight excluding hydrogens is 249 g/mol. The maximum Gasteiger partial charge on any atom is 0.126 e. The number of aryl methyl sites for hydroxylation is 1. The quantitative estimate of drug-likeness (QED) is 0.835. The van der Waals surface area contributed by atoms with Gasteiger partial charge in [-0.25, -0.2) is 4.39 Å². The second-order valence-electron chi connectivity index (χ2n) is 5.84. The van der Waals surface area contributed by atoms with Crippen LogP contribution >= 0.6 is 11.6 Å². The van der Waals surface area contributed by atoms with Gasteiger partial charge in [-0.15, -0.1) is 0 Å². The van der Waals surface area contributed by atoms with Crippen LogP contribution < -0.4 is 5.32 Å². The topological polar surface area (TPSA) is 12.0 Å². The normalized spacial score (nSPS) is 13.7. The summed E-state index contributed by atoms with van der Waals surface area (Å²) in [4.78, 5) is 0. The first-order valence-electron chi connectivity index (χ1n) is 6.46. The lowest BCUT2D eigenvalue weighted by Crippen LogP contribution is -2.37. The zero-order chi connectivity index (χ0) is 13.8. The van der Waals surface area contributed by atoms with Gasteiger partial charge in [0, 0.05) is 11.1 Å². The summed E-state index contributed by atoms with van der Waals surface area (Å²) in [6.45, 7) is 6.65.